The molecular weight excluding hydrogens is 324 g/mol. The number of likely N-dealkylation sites (N-methyl/N-ethyl adjacent to an activating group) is 1. The minimum atomic E-state index is -0.194. The molecule has 2 aromatic carbocycles. The van der Waals surface area contributed by atoms with Crippen molar-refractivity contribution >= 4 is 17.5 Å². The van der Waals surface area contributed by atoms with E-state index in [2.05, 4.69) is 6.07 Å². The smallest absolute Gasteiger partial charge is 0.260 e. The normalized spacial score (nSPS) is 11.4. The number of ether oxygens (including phenoxy) is 1. The third kappa shape index (κ3) is 4.50. The molecule has 0 N–H and O–H groups in total. The van der Waals surface area contributed by atoms with Crippen molar-refractivity contribution in [3.05, 3.63) is 53.6 Å². The van der Waals surface area contributed by atoms with Crippen molar-refractivity contribution in [3.63, 3.8) is 0 Å². The van der Waals surface area contributed by atoms with Crippen LogP contribution in [0.1, 0.15) is 13.3 Å². The molecule has 0 fully saturated rings. The van der Waals surface area contributed by atoms with Crippen molar-refractivity contribution in [1.82, 2.24) is 4.90 Å². The van der Waals surface area contributed by atoms with Crippen molar-refractivity contribution in [3.8, 4) is 22.9 Å². The number of hydrogen-bond donors (Lipinski definition) is 0. The topological polar surface area (TPSA) is 53.3 Å². The number of carbonyl (C=O) groups excluding carboxylic acids is 1. The van der Waals surface area contributed by atoms with Crippen LogP contribution in [0.2, 0.25) is 5.02 Å². The maximum absolute atomic E-state index is 12.1. The van der Waals surface area contributed by atoms with Gasteiger partial charge >= 0.3 is 0 Å². The fourth-order valence-electron chi connectivity index (χ4n) is 2.18. The van der Waals surface area contributed by atoms with Crippen molar-refractivity contribution in [2.45, 2.75) is 19.4 Å². The molecule has 0 radical (unpaired) electrons. The van der Waals surface area contributed by atoms with Gasteiger partial charge in [-0.3, -0.25) is 4.79 Å². The molecule has 24 heavy (non-hydrogen) atoms. The predicted octanol–water partition coefficient (Wildman–Crippen LogP) is 4.15. The largest absolute Gasteiger partial charge is 0.482 e. The Kier molecular flexibility index (Phi) is 6.22. The van der Waals surface area contributed by atoms with E-state index in [9.17, 15) is 4.79 Å². The second-order valence-electron chi connectivity index (χ2n) is 5.52. The van der Waals surface area contributed by atoms with E-state index in [0.29, 0.717) is 10.8 Å². The second kappa shape index (κ2) is 8.37. The monoisotopic (exact) mass is 342 g/mol. The summed E-state index contributed by atoms with van der Waals surface area (Å²) in [7, 11) is 1.66. The maximum Gasteiger partial charge on any atom is 0.260 e. The van der Waals surface area contributed by atoms with Gasteiger partial charge in [0, 0.05) is 13.1 Å². The number of nitriles is 1. The lowest BCUT2D eigenvalue weighted by molar-refractivity contribution is -0.133. The summed E-state index contributed by atoms with van der Waals surface area (Å²) in [5, 5.41) is 9.15. The number of benzene rings is 2. The zero-order valence-electron chi connectivity index (χ0n) is 13.7. The highest BCUT2D eigenvalue weighted by molar-refractivity contribution is 6.32. The molecule has 0 aliphatic heterocycles. The molecule has 5 heteroatoms. The average molecular weight is 343 g/mol. The molecule has 0 spiro atoms. The van der Waals surface area contributed by atoms with Crippen molar-refractivity contribution < 1.29 is 9.53 Å². The lowest BCUT2D eigenvalue weighted by Crippen LogP contribution is -2.38. The van der Waals surface area contributed by atoms with Gasteiger partial charge in [-0.2, -0.15) is 5.26 Å². The number of rotatable bonds is 6. The van der Waals surface area contributed by atoms with Gasteiger partial charge in [-0.1, -0.05) is 48.0 Å². The first-order valence-electron chi connectivity index (χ1n) is 7.63. The molecule has 0 aromatic heterocycles. The molecule has 0 aliphatic rings. The second-order valence-corrected chi connectivity index (χ2v) is 5.92. The Hall–Kier alpha value is -2.51. The molecule has 124 valence electrons. The molecule has 0 heterocycles. The van der Waals surface area contributed by atoms with Crippen LogP contribution < -0.4 is 4.74 Å². The first-order valence-corrected chi connectivity index (χ1v) is 8.01. The van der Waals surface area contributed by atoms with Crippen LogP contribution >= 0.6 is 11.6 Å². The summed E-state index contributed by atoms with van der Waals surface area (Å²) in [6, 6.07) is 17.3. The summed E-state index contributed by atoms with van der Waals surface area (Å²) in [4.78, 5) is 13.6. The Morgan fingerprint density at radius 2 is 1.96 bits per heavy atom. The number of hydrogen-bond acceptors (Lipinski definition) is 3. The summed E-state index contributed by atoms with van der Waals surface area (Å²) in [6.45, 7) is 1.71. The SMILES string of the molecule is CC(CC#N)N(C)C(=O)COc1ccc(-c2ccccc2)cc1Cl. The molecule has 1 atom stereocenters. The lowest BCUT2D eigenvalue weighted by atomic mass is 10.1. The van der Waals surface area contributed by atoms with E-state index in [4.69, 9.17) is 21.6 Å². The van der Waals surface area contributed by atoms with Gasteiger partial charge in [-0.05, 0) is 30.2 Å². The Bertz CT molecular complexity index is 741. The molecule has 0 saturated carbocycles. The summed E-state index contributed by atoms with van der Waals surface area (Å²) >= 11 is 6.26. The van der Waals surface area contributed by atoms with E-state index in [1.165, 1.54) is 4.90 Å². The minimum Gasteiger partial charge on any atom is -0.482 e. The molecule has 0 aliphatic carbocycles. The van der Waals surface area contributed by atoms with Crippen LogP contribution in [-0.4, -0.2) is 30.5 Å². The van der Waals surface area contributed by atoms with Crippen LogP contribution in [0.3, 0.4) is 0 Å². The summed E-state index contributed by atoms with van der Waals surface area (Å²) < 4.78 is 5.53. The van der Waals surface area contributed by atoms with Gasteiger partial charge in [0.25, 0.3) is 5.91 Å². The summed E-state index contributed by atoms with van der Waals surface area (Å²) in [5.41, 5.74) is 2.05. The van der Waals surface area contributed by atoms with E-state index < -0.39 is 0 Å². The first kappa shape index (κ1) is 17.8. The quantitative estimate of drug-likeness (QED) is 0.792. The maximum atomic E-state index is 12.1. The molecule has 1 amide bonds. The third-order valence-corrected chi connectivity index (χ3v) is 4.13. The number of nitrogens with zero attached hydrogens (tertiary/aromatic N) is 2. The van der Waals surface area contributed by atoms with Gasteiger partial charge in [0.05, 0.1) is 17.5 Å². The molecule has 2 aromatic rings. The third-order valence-electron chi connectivity index (χ3n) is 3.83. The van der Waals surface area contributed by atoms with Crippen molar-refractivity contribution in [2.24, 2.45) is 0 Å². The lowest BCUT2D eigenvalue weighted by Gasteiger charge is -2.23. The van der Waals surface area contributed by atoms with E-state index in [-0.39, 0.29) is 25.0 Å². The Balaban J connectivity index is 2.01. The molecule has 0 saturated heterocycles. The van der Waals surface area contributed by atoms with Gasteiger partial charge in [0.2, 0.25) is 0 Å². The van der Waals surface area contributed by atoms with Crippen LogP contribution in [0.25, 0.3) is 11.1 Å². The van der Waals surface area contributed by atoms with Crippen LogP contribution in [0.5, 0.6) is 5.75 Å². The zero-order chi connectivity index (χ0) is 17.5. The Morgan fingerprint density at radius 3 is 2.58 bits per heavy atom. The van der Waals surface area contributed by atoms with Crippen LogP contribution in [0.15, 0.2) is 48.5 Å². The predicted molar refractivity (Wildman–Crippen MR) is 94.8 cm³/mol. The van der Waals surface area contributed by atoms with Crippen LogP contribution in [0.4, 0.5) is 0 Å². The van der Waals surface area contributed by atoms with Gasteiger partial charge < -0.3 is 9.64 Å². The highest BCUT2D eigenvalue weighted by Crippen LogP contribution is 2.30. The number of amides is 1. The van der Waals surface area contributed by atoms with Crippen molar-refractivity contribution in [2.75, 3.05) is 13.7 Å². The summed E-state index contributed by atoms with van der Waals surface area (Å²) in [5.74, 6) is 0.270. The van der Waals surface area contributed by atoms with E-state index in [1.54, 1.807) is 13.1 Å². The van der Waals surface area contributed by atoms with Gasteiger partial charge in [-0.15, -0.1) is 0 Å². The fraction of sp³-hybridized carbons (Fsp3) is 0.263. The highest BCUT2D eigenvalue weighted by atomic mass is 35.5. The van der Waals surface area contributed by atoms with Gasteiger partial charge in [0.15, 0.2) is 6.61 Å². The fourth-order valence-corrected chi connectivity index (χ4v) is 2.42. The van der Waals surface area contributed by atoms with E-state index in [0.717, 1.165) is 11.1 Å². The highest BCUT2D eigenvalue weighted by Gasteiger charge is 2.16. The first-order chi connectivity index (χ1) is 11.5. The molecule has 1 unspecified atom stereocenters. The molecule has 4 nitrogen and oxygen atoms in total. The molecule has 2 rings (SSSR count). The van der Waals surface area contributed by atoms with Crippen LogP contribution in [-0.2, 0) is 4.79 Å². The zero-order valence-corrected chi connectivity index (χ0v) is 14.5. The minimum absolute atomic E-state index is 0.114. The van der Waals surface area contributed by atoms with E-state index in [1.807, 2.05) is 49.4 Å². The van der Waals surface area contributed by atoms with Gasteiger partial charge in [0.1, 0.15) is 5.75 Å². The van der Waals surface area contributed by atoms with Crippen LogP contribution in [0, 0.1) is 11.3 Å². The average Bonchev–Trinajstić information content (AvgIpc) is 2.60. The van der Waals surface area contributed by atoms with E-state index >= 15 is 0 Å². The standard InChI is InChI=1S/C19H19ClN2O2/c1-14(10-11-21)22(2)19(23)13-24-18-9-8-16(12-17(18)20)15-6-4-3-5-7-15/h3-9,12,14H,10,13H2,1-2H3. The number of carbonyl (C=O) groups is 1. The van der Waals surface area contributed by atoms with Gasteiger partial charge in [-0.25, -0.2) is 0 Å². The number of halogens is 1. The Morgan fingerprint density at radius 1 is 1.25 bits per heavy atom. The molecular formula is C19H19ClN2O2. The summed E-state index contributed by atoms with van der Waals surface area (Å²) in [6.07, 6.45) is 0.286. The molecule has 0 bridgehead atoms. The Labute approximate surface area is 147 Å². The van der Waals surface area contributed by atoms with Crippen molar-refractivity contribution in [1.29, 1.82) is 5.26 Å².